The number of esters is 1. The molecule has 2 amide bonds. The fraction of sp³-hybridized carbons (Fsp3) is 0.318. The minimum absolute atomic E-state index is 0.0850. The highest BCUT2D eigenvalue weighted by atomic mass is 35.5. The lowest BCUT2D eigenvalue weighted by atomic mass is 9.87. The Morgan fingerprint density at radius 2 is 1.86 bits per heavy atom. The van der Waals surface area contributed by atoms with E-state index in [1.165, 1.54) is 12.5 Å². The Balaban J connectivity index is 1.47. The van der Waals surface area contributed by atoms with Gasteiger partial charge in [-0.05, 0) is 61.6 Å². The van der Waals surface area contributed by atoms with Gasteiger partial charge in [-0.2, -0.15) is 0 Å². The summed E-state index contributed by atoms with van der Waals surface area (Å²) in [6, 6.07) is 14.2. The molecule has 2 aromatic carbocycles. The van der Waals surface area contributed by atoms with E-state index < -0.39 is 18.0 Å². The average molecular weight is 415 g/mol. The Bertz CT molecular complexity index is 898. The van der Waals surface area contributed by atoms with Crippen molar-refractivity contribution >= 4 is 29.4 Å². The van der Waals surface area contributed by atoms with Crippen molar-refractivity contribution in [1.29, 1.82) is 0 Å². The zero-order valence-corrected chi connectivity index (χ0v) is 16.9. The fourth-order valence-electron chi connectivity index (χ4n) is 3.34. The number of hydrogen-bond donors (Lipinski definition) is 2. The zero-order valence-electron chi connectivity index (χ0n) is 16.1. The Hall–Kier alpha value is -2.86. The monoisotopic (exact) mass is 414 g/mol. The molecule has 2 aromatic rings. The van der Waals surface area contributed by atoms with Gasteiger partial charge in [-0.1, -0.05) is 35.9 Å². The van der Waals surface area contributed by atoms with E-state index in [0.717, 1.165) is 24.8 Å². The van der Waals surface area contributed by atoms with E-state index in [9.17, 15) is 14.4 Å². The van der Waals surface area contributed by atoms with Gasteiger partial charge in [0.15, 0.2) is 6.10 Å². The van der Waals surface area contributed by atoms with E-state index in [2.05, 4.69) is 16.7 Å². The van der Waals surface area contributed by atoms with Crippen LogP contribution in [-0.2, 0) is 20.7 Å². The molecule has 0 aliphatic heterocycles. The largest absolute Gasteiger partial charge is 0.451 e. The third-order valence-electron chi connectivity index (χ3n) is 4.86. The summed E-state index contributed by atoms with van der Waals surface area (Å²) < 4.78 is 5.16. The van der Waals surface area contributed by atoms with Crippen LogP contribution in [0.4, 0.5) is 0 Å². The molecule has 0 radical (unpaired) electrons. The molecule has 0 fully saturated rings. The van der Waals surface area contributed by atoms with Gasteiger partial charge in [0, 0.05) is 10.6 Å². The highest BCUT2D eigenvalue weighted by Gasteiger charge is 2.25. The minimum Gasteiger partial charge on any atom is -0.451 e. The molecule has 0 bridgehead atoms. The molecule has 7 heteroatoms. The second-order valence-electron chi connectivity index (χ2n) is 6.97. The molecule has 0 saturated carbocycles. The van der Waals surface area contributed by atoms with Crippen LogP contribution in [0.2, 0.25) is 5.02 Å². The number of hydrogen-bond acceptors (Lipinski definition) is 4. The highest BCUT2D eigenvalue weighted by Crippen LogP contribution is 2.29. The second kappa shape index (κ2) is 9.56. The van der Waals surface area contributed by atoms with Crippen molar-refractivity contribution in [1.82, 2.24) is 10.6 Å². The number of halogens is 1. The van der Waals surface area contributed by atoms with Gasteiger partial charge in [-0.15, -0.1) is 0 Å². The summed E-state index contributed by atoms with van der Waals surface area (Å²) in [4.78, 5) is 36.5. The first-order valence-electron chi connectivity index (χ1n) is 9.55. The number of carbonyl (C=O) groups is 3. The summed E-state index contributed by atoms with van der Waals surface area (Å²) in [5, 5.41) is 5.94. The van der Waals surface area contributed by atoms with Crippen molar-refractivity contribution in [3.05, 3.63) is 70.2 Å². The van der Waals surface area contributed by atoms with Crippen LogP contribution >= 0.6 is 11.6 Å². The summed E-state index contributed by atoms with van der Waals surface area (Å²) >= 11 is 5.78. The molecule has 0 spiro atoms. The molecule has 0 unspecified atom stereocenters. The lowest BCUT2D eigenvalue weighted by Crippen LogP contribution is -2.41. The van der Waals surface area contributed by atoms with Crippen molar-refractivity contribution in [2.45, 2.75) is 38.3 Å². The van der Waals surface area contributed by atoms with Gasteiger partial charge in [-0.3, -0.25) is 14.4 Å². The number of benzene rings is 2. The quantitative estimate of drug-likeness (QED) is 0.711. The average Bonchev–Trinajstić information content (AvgIpc) is 2.72. The minimum atomic E-state index is -0.955. The molecule has 3 rings (SSSR count). The molecular formula is C22H23ClN2O4. The van der Waals surface area contributed by atoms with Crippen LogP contribution in [-0.4, -0.2) is 30.4 Å². The first-order valence-corrected chi connectivity index (χ1v) is 9.93. The van der Waals surface area contributed by atoms with Crippen LogP contribution in [0, 0.1) is 0 Å². The highest BCUT2D eigenvalue weighted by molar-refractivity contribution is 6.30. The molecule has 1 aliphatic carbocycles. The van der Waals surface area contributed by atoms with Gasteiger partial charge >= 0.3 is 5.97 Å². The van der Waals surface area contributed by atoms with E-state index in [-0.39, 0.29) is 18.5 Å². The number of aryl methyl sites for hydroxylation is 1. The van der Waals surface area contributed by atoms with Gasteiger partial charge in [0.1, 0.15) is 6.54 Å². The predicted molar refractivity (Wildman–Crippen MR) is 110 cm³/mol. The van der Waals surface area contributed by atoms with E-state index in [0.29, 0.717) is 10.6 Å². The second-order valence-corrected chi connectivity index (χ2v) is 7.41. The SMILES string of the molecule is C[C@H](OC(=O)CNC(=O)c1ccc(Cl)cc1)C(=O)N[C@@H]1CCCc2ccccc21. The molecule has 2 N–H and O–H groups in total. The fourth-order valence-corrected chi connectivity index (χ4v) is 3.47. The van der Waals surface area contributed by atoms with Crippen molar-refractivity contribution in [2.75, 3.05) is 6.54 Å². The maximum absolute atomic E-state index is 12.5. The predicted octanol–water partition coefficient (Wildman–Crippen LogP) is 3.20. The molecular weight excluding hydrogens is 392 g/mol. The summed E-state index contributed by atoms with van der Waals surface area (Å²) in [6.07, 6.45) is 1.89. The number of rotatable bonds is 6. The maximum Gasteiger partial charge on any atom is 0.326 e. The van der Waals surface area contributed by atoms with Gasteiger partial charge in [0.2, 0.25) is 0 Å². The molecule has 2 atom stereocenters. The molecule has 152 valence electrons. The zero-order chi connectivity index (χ0) is 20.8. The first-order chi connectivity index (χ1) is 13.9. The van der Waals surface area contributed by atoms with E-state index in [1.54, 1.807) is 24.3 Å². The van der Waals surface area contributed by atoms with Crippen LogP contribution in [0.5, 0.6) is 0 Å². The van der Waals surface area contributed by atoms with Gasteiger partial charge < -0.3 is 15.4 Å². The van der Waals surface area contributed by atoms with E-state index in [1.807, 2.05) is 18.2 Å². The van der Waals surface area contributed by atoms with Crippen molar-refractivity contribution in [2.24, 2.45) is 0 Å². The van der Waals surface area contributed by atoms with Crippen molar-refractivity contribution in [3.63, 3.8) is 0 Å². The Labute approximate surface area is 174 Å². The number of carbonyl (C=O) groups excluding carboxylic acids is 3. The van der Waals surface area contributed by atoms with E-state index >= 15 is 0 Å². The lowest BCUT2D eigenvalue weighted by Gasteiger charge is -2.27. The molecule has 0 saturated heterocycles. The molecule has 1 aliphatic rings. The van der Waals surface area contributed by atoms with Gasteiger partial charge in [0.05, 0.1) is 6.04 Å². The first kappa shape index (κ1) is 20.9. The third-order valence-corrected chi connectivity index (χ3v) is 5.12. The smallest absolute Gasteiger partial charge is 0.326 e. The van der Waals surface area contributed by atoms with Gasteiger partial charge in [0.25, 0.3) is 11.8 Å². The van der Waals surface area contributed by atoms with Crippen molar-refractivity contribution < 1.29 is 19.1 Å². The lowest BCUT2D eigenvalue weighted by molar-refractivity contribution is -0.154. The summed E-state index contributed by atoms with van der Waals surface area (Å²) in [5.41, 5.74) is 2.73. The van der Waals surface area contributed by atoms with Crippen LogP contribution in [0.3, 0.4) is 0 Å². The normalized spacial score (nSPS) is 16.3. The van der Waals surface area contributed by atoms with E-state index in [4.69, 9.17) is 16.3 Å². The van der Waals surface area contributed by atoms with Crippen molar-refractivity contribution in [3.8, 4) is 0 Å². The Kier molecular flexibility index (Phi) is 6.88. The number of amides is 2. The van der Waals surface area contributed by atoms with Crippen LogP contribution in [0.25, 0.3) is 0 Å². The molecule has 0 heterocycles. The summed E-state index contributed by atoms with van der Waals surface area (Å²) in [7, 11) is 0. The Morgan fingerprint density at radius 3 is 2.62 bits per heavy atom. The van der Waals surface area contributed by atoms with Crippen LogP contribution < -0.4 is 10.6 Å². The van der Waals surface area contributed by atoms with Crippen LogP contribution in [0.15, 0.2) is 48.5 Å². The number of nitrogens with one attached hydrogen (secondary N) is 2. The summed E-state index contributed by atoms with van der Waals surface area (Å²) in [5.74, 6) is -1.46. The number of fused-ring (bicyclic) bond motifs is 1. The maximum atomic E-state index is 12.5. The molecule has 0 aromatic heterocycles. The topological polar surface area (TPSA) is 84.5 Å². The van der Waals surface area contributed by atoms with Crippen LogP contribution in [0.1, 0.15) is 47.3 Å². The standard InChI is InChI=1S/C22H23ClN2O4/c1-14(21(27)25-19-8-4-6-15-5-2-3-7-18(15)19)29-20(26)13-24-22(28)16-9-11-17(23)12-10-16/h2-3,5,7,9-12,14,19H,4,6,8,13H2,1H3,(H,24,28)(H,25,27)/t14-,19+/m0/s1. The summed E-state index contributed by atoms with van der Waals surface area (Å²) in [6.45, 7) is 1.19. The molecule has 6 nitrogen and oxygen atoms in total. The van der Waals surface area contributed by atoms with Gasteiger partial charge in [-0.25, -0.2) is 0 Å². The Morgan fingerprint density at radius 1 is 1.14 bits per heavy atom. The molecule has 29 heavy (non-hydrogen) atoms. The third kappa shape index (κ3) is 5.57. The number of ether oxygens (including phenoxy) is 1.